The fraction of sp³-hybridized carbons (Fsp3) is 0.318. The van der Waals surface area contributed by atoms with E-state index in [1.807, 2.05) is 42.2 Å². The Morgan fingerprint density at radius 3 is 2.31 bits per heavy atom. The lowest BCUT2D eigenvalue weighted by Crippen LogP contribution is -2.42. The third kappa shape index (κ3) is 6.43. The number of nitrogens with zero attached hydrogens (tertiary/aromatic N) is 2. The van der Waals surface area contributed by atoms with Crippen LogP contribution in [0.25, 0.3) is 0 Å². The number of amides is 3. The predicted molar refractivity (Wildman–Crippen MR) is 122 cm³/mol. The van der Waals surface area contributed by atoms with Gasteiger partial charge in [-0.15, -0.1) is 0 Å². The number of primary amides is 2. The maximum absolute atomic E-state index is 12.1. The van der Waals surface area contributed by atoms with Crippen LogP contribution in [0, 0.1) is 6.92 Å². The van der Waals surface area contributed by atoms with E-state index in [4.69, 9.17) is 30.7 Å². The number of hydrogen-bond donors (Lipinski definition) is 2. The molecule has 2 aliphatic rings. The average Bonchev–Trinajstić information content (AvgIpc) is 3.26. The Morgan fingerprint density at radius 2 is 1.72 bits per heavy atom. The van der Waals surface area contributed by atoms with E-state index < -0.39 is 0 Å². The molecule has 9 nitrogen and oxygen atoms in total. The molecule has 0 bridgehead atoms. The Hall–Kier alpha value is -3.14. The molecule has 10 heteroatoms. The fourth-order valence-electron chi connectivity index (χ4n) is 3.57. The molecule has 1 unspecified atom stereocenters. The molecule has 4 N–H and O–H groups in total. The molecule has 32 heavy (non-hydrogen) atoms. The van der Waals surface area contributed by atoms with Crippen molar-refractivity contribution in [2.45, 2.75) is 13.0 Å². The molecule has 0 saturated carbocycles. The van der Waals surface area contributed by atoms with E-state index in [0.29, 0.717) is 26.5 Å². The van der Waals surface area contributed by atoms with Gasteiger partial charge in [0, 0.05) is 22.9 Å². The summed E-state index contributed by atoms with van der Waals surface area (Å²) in [4.78, 5) is 33.3. The number of aryl methyl sites for hydroxylation is 1. The topological polar surface area (TPSA) is 128 Å². The quantitative estimate of drug-likeness (QED) is 0.669. The number of ether oxygens (including phenoxy) is 2. The minimum Gasteiger partial charge on any atom is -0.372 e. The number of carbonyl (C=O) groups is 3. The van der Waals surface area contributed by atoms with Crippen molar-refractivity contribution < 1.29 is 23.9 Å². The van der Waals surface area contributed by atoms with Gasteiger partial charge in [0.1, 0.15) is 13.3 Å². The lowest BCUT2D eigenvalue weighted by atomic mass is 10.0. The molecule has 2 aromatic rings. The van der Waals surface area contributed by atoms with Gasteiger partial charge in [0.2, 0.25) is 12.8 Å². The number of anilines is 2. The van der Waals surface area contributed by atoms with Gasteiger partial charge in [-0.05, 0) is 48.4 Å². The van der Waals surface area contributed by atoms with Crippen LogP contribution >= 0.6 is 11.6 Å². The Labute approximate surface area is 191 Å². The van der Waals surface area contributed by atoms with Crippen molar-refractivity contribution in [1.82, 2.24) is 0 Å². The molecule has 2 heterocycles. The second kappa shape index (κ2) is 12.7. The first-order valence-corrected chi connectivity index (χ1v) is 10.2. The second-order valence-electron chi connectivity index (χ2n) is 6.88. The summed E-state index contributed by atoms with van der Waals surface area (Å²) in [7, 11) is 0. The van der Waals surface area contributed by atoms with Crippen LogP contribution in [0.1, 0.15) is 17.2 Å². The lowest BCUT2D eigenvalue weighted by Gasteiger charge is -2.29. The third-order valence-corrected chi connectivity index (χ3v) is 5.17. The zero-order valence-corrected chi connectivity index (χ0v) is 18.5. The van der Waals surface area contributed by atoms with Gasteiger partial charge >= 0.3 is 0 Å². The summed E-state index contributed by atoms with van der Waals surface area (Å²) in [5.74, 6) is 0.0130. The zero-order chi connectivity index (χ0) is 23.5. The molecule has 2 fully saturated rings. The summed E-state index contributed by atoms with van der Waals surface area (Å²) < 4.78 is 11.0. The highest BCUT2D eigenvalue weighted by molar-refractivity contribution is 6.30. The molecule has 0 radical (unpaired) electrons. The van der Waals surface area contributed by atoms with Gasteiger partial charge < -0.3 is 30.7 Å². The lowest BCUT2D eigenvalue weighted by molar-refractivity contribution is -0.125. The van der Waals surface area contributed by atoms with Crippen LogP contribution in [0.2, 0.25) is 5.02 Å². The van der Waals surface area contributed by atoms with Crippen LogP contribution < -0.4 is 21.3 Å². The van der Waals surface area contributed by atoms with Crippen molar-refractivity contribution in [1.29, 1.82) is 0 Å². The fourth-order valence-corrected chi connectivity index (χ4v) is 3.69. The smallest absolute Gasteiger partial charge is 0.253 e. The molecular formula is C22H27ClN4O5. The van der Waals surface area contributed by atoms with Crippen LogP contribution in [-0.2, 0) is 23.9 Å². The highest BCUT2D eigenvalue weighted by Crippen LogP contribution is 2.34. The van der Waals surface area contributed by atoms with Crippen LogP contribution in [0.15, 0.2) is 42.5 Å². The number of rotatable bonds is 3. The third-order valence-electron chi connectivity index (χ3n) is 4.92. The SMILES string of the molecule is Cc1cc(C2COCN2c2ccc(Cl)cc2)ccc1N1CCOCC1=O.NC=O.NC=O. The van der Waals surface area contributed by atoms with Gasteiger partial charge in [-0.3, -0.25) is 14.4 Å². The Kier molecular flexibility index (Phi) is 9.93. The minimum absolute atomic E-state index is 0.0130. The minimum atomic E-state index is 0.0130. The number of hydrogen-bond acceptors (Lipinski definition) is 6. The summed E-state index contributed by atoms with van der Waals surface area (Å²) in [6.45, 7) is 4.56. The average molecular weight is 463 g/mol. The van der Waals surface area contributed by atoms with E-state index in [1.54, 1.807) is 0 Å². The largest absolute Gasteiger partial charge is 0.372 e. The molecule has 1 atom stereocenters. The molecule has 0 aliphatic carbocycles. The van der Waals surface area contributed by atoms with Crippen molar-refractivity contribution >= 4 is 41.7 Å². The summed E-state index contributed by atoms with van der Waals surface area (Å²) >= 11 is 6.00. The molecule has 0 spiro atoms. The van der Waals surface area contributed by atoms with Gasteiger partial charge in [0.25, 0.3) is 5.91 Å². The maximum atomic E-state index is 12.1. The first-order valence-electron chi connectivity index (χ1n) is 9.86. The number of halogens is 1. The molecule has 3 amide bonds. The van der Waals surface area contributed by atoms with Crippen LogP contribution in [0.4, 0.5) is 11.4 Å². The standard InChI is InChI=1S/C20H21ClN2O3.2CH3NO/c1-14-10-15(2-7-18(14)22-8-9-25-12-20(22)24)19-11-26-13-23(19)17-5-3-16(21)4-6-17;2*2-1-3/h2-7,10,19H,8-9,11-13H2,1H3;2*1H,(H2,2,3). The van der Waals surface area contributed by atoms with Gasteiger partial charge in [-0.2, -0.15) is 0 Å². The Bertz CT molecular complexity index is 904. The normalized spacial score (nSPS) is 17.6. The molecule has 2 aliphatic heterocycles. The predicted octanol–water partition coefficient (Wildman–Crippen LogP) is 1.75. The highest BCUT2D eigenvalue weighted by atomic mass is 35.5. The summed E-state index contributed by atoms with van der Waals surface area (Å²) in [6, 6.07) is 14.2. The molecule has 0 aromatic heterocycles. The van der Waals surface area contributed by atoms with Gasteiger partial charge in [-0.25, -0.2) is 0 Å². The first-order chi connectivity index (χ1) is 15.5. The molecule has 172 valence electrons. The summed E-state index contributed by atoms with van der Waals surface area (Å²) in [6.07, 6.45) is 0.500. The van der Waals surface area contributed by atoms with E-state index >= 15 is 0 Å². The number of nitrogens with two attached hydrogens (primary N) is 2. The monoisotopic (exact) mass is 462 g/mol. The van der Waals surface area contributed by atoms with Crippen LogP contribution in [0.3, 0.4) is 0 Å². The van der Waals surface area contributed by atoms with Crippen molar-refractivity contribution in [3.05, 3.63) is 58.6 Å². The van der Waals surface area contributed by atoms with E-state index in [-0.39, 0.29) is 31.4 Å². The van der Waals surface area contributed by atoms with E-state index in [0.717, 1.165) is 22.0 Å². The van der Waals surface area contributed by atoms with Gasteiger partial charge in [0.05, 0.1) is 19.3 Å². The molecule has 2 aromatic carbocycles. The van der Waals surface area contributed by atoms with Crippen LogP contribution in [-0.4, -0.2) is 51.8 Å². The maximum Gasteiger partial charge on any atom is 0.253 e. The molecule has 2 saturated heterocycles. The first kappa shape index (κ1) is 25.1. The number of benzene rings is 2. The number of morpholine rings is 1. The highest BCUT2D eigenvalue weighted by Gasteiger charge is 2.28. The van der Waals surface area contributed by atoms with Crippen molar-refractivity contribution in [3.8, 4) is 0 Å². The van der Waals surface area contributed by atoms with Crippen LogP contribution in [0.5, 0.6) is 0 Å². The Morgan fingerprint density at radius 1 is 1.06 bits per heavy atom. The molecule has 4 rings (SSSR count). The van der Waals surface area contributed by atoms with Gasteiger partial charge in [0.15, 0.2) is 0 Å². The number of carbonyl (C=O) groups excluding carboxylic acids is 3. The zero-order valence-electron chi connectivity index (χ0n) is 17.8. The summed E-state index contributed by atoms with van der Waals surface area (Å²) in [5.41, 5.74) is 12.6. The van der Waals surface area contributed by atoms with E-state index in [1.165, 1.54) is 5.56 Å². The van der Waals surface area contributed by atoms with Crippen molar-refractivity contribution in [3.63, 3.8) is 0 Å². The summed E-state index contributed by atoms with van der Waals surface area (Å²) in [5, 5.41) is 0.723. The van der Waals surface area contributed by atoms with E-state index in [9.17, 15) is 4.79 Å². The Balaban J connectivity index is 0.000000547. The van der Waals surface area contributed by atoms with Crippen molar-refractivity contribution in [2.75, 3.05) is 42.9 Å². The molecular weight excluding hydrogens is 436 g/mol. The van der Waals surface area contributed by atoms with E-state index in [2.05, 4.69) is 28.5 Å². The van der Waals surface area contributed by atoms with Gasteiger partial charge in [-0.1, -0.05) is 23.7 Å². The van der Waals surface area contributed by atoms with Crippen molar-refractivity contribution in [2.24, 2.45) is 11.5 Å². The second-order valence-corrected chi connectivity index (χ2v) is 7.31.